The normalized spacial score (nSPS) is 15.8. The molecule has 1 aliphatic heterocycles. The standard InChI is InChI=1S/C19H26ClNO4/c1-19(2,3)25-18(23)21-9-7-13(8-10-21)11-14-12-15(20)5-6-16(14)17(22)24-4/h5-6,12-13H,7-11H2,1-4H3. The fourth-order valence-corrected chi connectivity index (χ4v) is 3.19. The summed E-state index contributed by atoms with van der Waals surface area (Å²) in [5, 5.41) is 0.605. The van der Waals surface area contributed by atoms with Crippen molar-refractivity contribution in [3.63, 3.8) is 0 Å². The smallest absolute Gasteiger partial charge is 0.410 e. The molecule has 138 valence electrons. The molecule has 0 saturated carbocycles. The van der Waals surface area contributed by atoms with E-state index in [0.717, 1.165) is 24.8 Å². The van der Waals surface area contributed by atoms with E-state index in [9.17, 15) is 9.59 Å². The Morgan fingerprint density at radius 1 is 1.24 bits per heavy atom. The van der Waals surface area contributed by atoms with E-state index < -0.39 is 5.60 Å². The summed E-state index contributed by atoms with van der Waals surface area (Å²) in [5.41, 5.74) is 0.973. The molecule has 0 radical (unpaired) electrons. The number of ether oxygens (including phenoxy) is 2. The highest BCUT2D eigenvalue weighted by Crippen LogP contribution is 2.26. The van der Waals surface area contributed by atoms with Crippen molar-refractivity contribution in [1.29, 1.82) is 0 Å². The zero-order chi connectivity index (χ0) is 18.6. The Kier molecular flexibility index (Phi) is 6.33. The van der Waals surface area contributed by atoms with Gasteiger partial charge in [0.2, 0.25) is 0 Å². The minimum Gasteiger partial charge on any atom is -0.465 e. The van der Waals surface area contributed by atoms with Crippen molar-refractivity contribution < 1.29 is 19.1 Å². The van der Waals surface area contributed by atoms with E-state index >= 15 is 0 Å². The minimum atomic E-state index is -0.482. The number of nitrogens with zero attached hydrogens (tertiary/aromatic N) is 1. The van der Waals surface area contributed by atoms with E-state index in [1.165, 1.54) is 7.11 Å². The molecule has 1 aromatic rings. The topological polar surface area (TPSA) is 55.8 Å². The van der Waals surface area contributed by atoms with Crippen LogP contribution in [-0.2, 0) is 15.9 Å². The van der Waals surface area contributed by atoms with Crippen LogP contribution < -0.4 is 0 Å². The van der Waals surface area contributed by atoms with Gasteiger partial charge in [0.15, 0.2) is 0 Å². The van der Waals surface area contributed by atoms with Crippen molar-refractivity contribution in [1.82, 2.24) is 4.90 Å². The second-order valence-electron chi connectivity index (χ2n) is 7.41. The Balaban J connectivity index is 1.97. The van der Waals surface area contributed by atoms with Gasteiger partial charge in [-0.15, -0.1) is 0 Å². The molecule has 0 aliphatic carbocycles. The summed E-state index contributed by atoms with van der Waals surface area (Å²) < 4.78 is 10.3. The van der Waals surface area contributed by atoms with Crippen LogP contribution >= 0.6 is 11.6 Å². The fraction of sp³-hybridized carbons (Fsp3) is 0.579. The Morgan fingerprint density at radius 3 is 2.44 bits per heavy atom. The first-order valence-electron chi connectivity index (χ1n) is 8.54. The van der Waals surface area contributed by atoms with Gasteiger partial charge in [0.25, 0.3) is 0 Å². The molecule has 1 fully saturated rings. The van der Waals surface area contributed by atoms with E-state index in [1.54, 1.807) is 17.0 Å². The molecule has 1 heterocycles. The van der Waals surface area contributed by atoms with Crippen molar-refractivity contribution in [3.05, 3.63) is 34.3 Å². The summed E-state index contributed by atoms with van der Waals surface area (Å²) in [4.78, 5) is 25.8. The molecular weight excluding hydrogens is 342 g/mol. The maximum Gasteiger partial charge on any atom is 0.410 e. The maximum atomic E-state index is 12.1. The highest BCUT2D eigenvalue weighted by Gasteiger charge is 2.27. The van der Waals surface area contributed by atoms with E-state index in [0.29, 0.717) is 29.6 Å². The lowest BCUT2D eigenvalue weighted by atomic mass is 9.88. The molecule has 1 amide bonds. The molecule has 0 unspecified atom stereocenters. The summed E-state index contributed by atoms with van der Waals surface area (Å²) >= 11 is 6.09. The molecule has 0 bridgehead atoms. The average molecular weight is 368 g/mol. The lowest BCUT2D eigenvalue weighted by molar-refractivity contribution is 0.0184. The molecule has 1 saturated heterocycles. The van der Waals surface area contributed by atoms with Crippen LogP contribution in [0.3, 0.4) is 0 Å². The molecule has 0 N–H and O–H groups in total. The summed E-state index contributed by atoms with van der Waals surface area (Å²) in [6, 6.07) is 5.23. The predicted molar refractivity (Wildman–Crippen MR) is 97.0 cm³/mol. The van der Waals surface area contributed by atoms with Gasteiger partial charge in [-0.25, -0.2) is 9.59 Å². The molecule has 6 heteroatoms. The predicted octanol–water partition coefficient (Wildman–Crippen LogP) is 4.32. The molecule has 0 aromatic heterocycles. The van der Waals surface area contributed by atoms with Gasteiger partial charge >= 0.3 is 12.1 Å². The number of hydrogen-bond donors (Lipinski definition) is 0. The molecule has 2 rings (SSSR count). The van der Waals surface area contributed by atoms with Gasteiger partial charge in [0.1, 0.15) is 5.60 Å². The lowest BCUT2D eigenvalue weighted by Crippen LogP contribution is -2.42. The summed E-state index contributed by atoms with van der Waals surface area (Å²) in [5.74, 6) is 0.0402. The number of methoxy groups -OCH3 is 1. The number of piperidine rings is 1. The molecule has 5 nitrogen and oxygen atoms in total. The van der Waals surface area contributed by atoms with Gasteiger partial charge < -0.3 is 14.4 Å². The number of amides is 1. The van der Waals surface area contributed by atoms with Crippen LogP contribution in [0.5, 0.6) is 0 Å². The van der Waals surface area contributed by atoms with Gasteiger partial charge in [-0.3, -0.25) is 0 Å². The third-order valence-corrected chi connectivity index (χ3v) is 4.48. The number of hydrogen-bond acceptors (Lipinski definition) is 4. The van der Waals surface area contributed by atoms with Crippen molar-refractivity contribution in [3.8, 4) is 0 Å². The molecular formula is C19H26ClNO4. The van der Waals surface area contributed by atoms with E-state index in [-0.39, 0.29) is 12.1 Å². The van der Waals surface area contributed by atoms with Crippen molar-refractivity contribution in [2.24, 2.45) is 5.92 Å². The van der Waals surface area contributed by atoms with Crippen LogP contribution in [-0.4, -0.2) is 42.8 Å². The Bertz CT molecular complexity index is 631. The first-order valence-corrected chi connectivity index (χ1v) is 8.92. The number of halogens is 1. The number of benzene rings is 1. The first kappa shape index (κ1) is 19.6. The molecule has 0 spiro atoms. The molecule has 1 aromatic carbocycles. The maximum absolute atomic E-state index is 12.1. The first-order chi connectivity index (χ1) is 11.7. The summed E-state index contributed by atoms with van der Waals surface area (Å²) in [6.07, 6.45) is 2.22. The zero-order valence-corrected chi connectivity index (χ0v) is 16.1. The van der Waals surface area contributed by atoms with E-state index in [1.807, 2.05) is 26.8 Å². The van der Waals surface area contributed by atoms with Crippen LogP contribution in [0.25, 0.3) is 0 Å². The van der Waals surface area contributed by atoms with Crippen LogP contribution in [0.2, 0.25) is 5.02 Å². The quantitative estimate of drug-likeness (QED) is 0.747. The van der Waals surface area contributed by atoms with Crippen molar-refractivity contribution in [2.45, 2.75) is 45.6 Å². The minimum absolute atomic E-state index is 0.260. The van der Waals surface area contributed by atoms with E-state index in [4.69, 9.17) is 21.1 Å². The largest absolute Gasteiger partial charge is 0.465 e. The second kappa shape index (κ2) is 8.09. The number of carbonyl (C=O) groups is 2. The number of carbonyl (C=O) groups excluding carboxylic acids is 2. The Hall–Kier alpha value is -1.75. The second-order valence-corrected chi connectivity index (χ2v) is 7.84. The SMILES string of the molecule is COC(=O)c1ccc(Cl)cc1CC1CCN(C(=O)OC(C)(C)C)CC1. The van der Waals surface area contributed by atoms with Crippen molar-refractivity contribution >= 4 is 23.7 Å². The lowest BCUT2D eigenvalue weighted by Gasteiger charge is -2.33. The van der Waals surface area contributed by atoms with Gasteiger partial charge in [-0.2, -0.15) is 0 Å². The number of likely N-dealkylation sites (tertiary alicyclic amines) is 1. The van der Waals surface area contributed by atoms with Crippen LogP contribution in [0.4, 0.5) is 4.79 Å². The van der Waals surface area contributed by atoms with Crippen molar-refractivity contribution in [2.75, 3.05) is 20.2 Å². The van der Waals surface area contributed by atoms with Gasteiger partial charge in [-0.05, 0) is 69.7 Å². The fourth-order valence-electron chi connectivity index (χ4n) is 3.00. The molecule has 0 atom stereocenters. The van der Waals surface area contributed by atoms with Crippen LogP contribution in [0, 0.1) is 5.92 Å². The zero-order valence-electron chi connectivity index (χ0n) is 15.3. The highest BCUT2D eigenvalue weighted by molar-refractivity contribution is 6.30. The number of esters is 1. The van der Waals surface area contributed by atoms with Gasteiger partial charge in [-0.1, -0.05) is 11.6 Å². The average Bonchev–Trinajstić information content (AvgIpc) is 2.53. The van der Waals surface area contributed by atoms with Crippen LogP contribution in [0.15, 0.2) is 18.2 Å². The monoisotopic (exact) mass is 367 g/mol. The summed E-state index contributed by atoms with van der Waals surface area (Å²) in [7, 11) is 1.38. The van der Waals surface area contributed by atoms with E-state index in [2.05, 4.69) is 0 Å². The third kappa shape index (κ3) is 5.63. The Labute approximate surface area is 154 Å². The molecule has 25 heavy (non-hydrogen) atoms. The number of rotatable bonds is 3. The molecule has 1 aliphatic rings. The highest BCUT2D eigenvalue weighted by atomic mass is 35.5. The van der Waals surface area contributed by atoms with Crippen LogP contribution in [0.1, 0.15) is 49.5 Å². The van der Waals surface area contributed by atoms with Gasteiger partial charge in [0.05, 0.1) is 12.7 Å². The van der Waals surface area contributed by atoms with Gasteiger partial charge in [0, 0.05) is 18.1 Å². The third-order valence-electron chi connectivity index (χ3n) is 4.25. The summed E-state index contributed by atoms with van der Waals surface area (Å²) in [6.45, 7) is 6.92. The Morgan fingerprint density at radius 2 is 1.88 bits per heavy atom.